The fourth-order valence-corrected chi connectivity index (χ4v) is 2.53. The van der Waals surface area contributed by atoms with E-state index in [1.54, 1.807) is 13.0 Å². The van der Waals surface area contributed by atoms with Crippen LogP contribution in [-0.4, -0.2) is 41.9 Å². The number of amides is 1. The minimum absolute atomic E-state index is 0.0791. The number of carbonyl (C=O) groups excluding carboxylic acids is 2. The van der Waals surface area contributed by atoms with Crippen molar-refractivity contribution in [2.75, 3.05) is 20.2 Å². The third-order valence-electron chi connectivity index (χ3n) is 3.74. The molecule has 0 bridgehead atoms. The van der Waals surface area contributed by atoms with Crippen molar-refractivity contribution in [2.24, 2.45) is 5.92 Å². The van der Waals surface area contributed by atoms with Crippen LogP contribution in [0.5, 0.6) is 0 Å². The van der Waals surface area contributed by atoms with Crippen LogP contribution in [-0.2, 0) is 9.53 Å². The van der Waals surface area contributed by atoms with E-state index in [0.717, 1.165) is 0 Å². The van der Waals surface area contributed by atoms with Gasteiger partial charge in [-0.2, -0.15) is 0 Å². The van der Waals surface area contributed by atoms with Gasteiger partial charge in [-0.05, 0) is 19.4 Å². The van der Waals surface area contributed by atoms with E-state index in [1.807, 2.05) is 0 Å². The van der Waals surface area contributed by atoms with E-state index in [1.165, 1.54) is 24.1 Å². The van der Waals surface area contributed by atoms with Crippen LogP contribution in [0, 0.1) is 23.0 Å². The molecule has 0 spiro atoms. The van der Waals surface area contributed by atoms with Crippen LogP contribution in [0.3, 0.4) is 0 Å². The van der Waals surface area contributed by atoms with Crippen molar-refractivity contribution < 1.29 is 19.2 Å². The second-order valence-electron chi connectivity index (χ2n) is 4.97. The van der Waals surface area contributed by atoms with Gasteiger partial charge in [0.1, 0.15) is 0 Å². The van der Waals surface area contributed by atoms with Gasteiger partial charge in [-0.15, -0.1) is 0 Å². The maximum atomic E-state index is 12.5. The molecule has 0 aliphatic carbocycles. The Labute approximate surface area is 121 Å². The predicted octanol–water partition coefficient (Wildman–Crippen LogP) is 1.54. The van der Waals surface area contributed by atoms with Gasteiger partial charge in [0.05, 0.1) is 18.0 Å². The maximum absolute atomic E-state index is 12.5. The van der Waals surface area contributed by atoms with E-state index in [4.69, 9.17) is 0 Å². The minimum Gasteiger partial charge on any atom is -0.469 e. The Hall–Kier alpha value is -2.44. The highest BCUT2D eigenvalue weighted by Crippen LogP contribution is 2.25. The van der Waals surface area contributed by atoms with Crippen molar-refractivity contribution in [3.05, 3.63) is 39.4 Å². The quantitative estimate of drug-likeness (QED) is 0.479. The number of benzene rings is 1. The molecule has 0 aromatic heterocycles. The highest BCUT2D eigenvalue weighted by Gasteiger charge is 2.33. The third kappa shape index (κ3) is 2.86. The number of nitrogens with zero attached hydrogens (tertiary/aromatic N) is 2. The van der Waals surface area contributed by atoms with Crippen LogP contribution in [0.25, 0.3) is 0 Å². The van der Waals surface area contributed by atoms with Crippen molar-refractivity contribution in [3.8, 4) is 0 Å². The lowest BCUT2D eigenvalue weighted by Crippen LogP contribution is -2.30. The summed E-state index contributed by atoms with van der Waals surface area (Å²) >= 11 is 0. The molecule has 1 aliphatic rings. The van der Waals surface area contributed by atoms with Crippen LogP contribution < -0.4 is 0 Å². The van der Waals surface area contributed by atoms with Gasteiger partial charge in [0.25, 0.3) is 11.6 Å². The van der Waals surface area contributed by atoms with Crippen LogP contribution in [0.4, 0.5) is 5.69 Å². The maximum Gasteiger partial charge on any atom is 0.310 e. The predicted molar refractivity (Wildman–Crippen MR) is 73.9 cm³/mol. The number of nitro benzene ring substituents is 1. The summed E-state index contributed by atoms with van der Waals surface area (Å²) < 4.78 is 4.68. The zero-order valence-corrected chi connectivity index (χ0v) is 11.9. The number of hydrogen-bond acceptors (Lipinski definition) is 5. The van der Waals surface area contributed by atoms with Gasteiger partial charge in [-0.1, -0.05) is 6.07 Å². The molecular weight excluding hydrogens is 276 g/mol. The number of esters is 1. The number of methoxy groups -OCH3 is 1. The Balaban J connectivity index is 2.20. The molecule has 2 rings (SSSR count). The van der Waals surface area contributed by atoms with Gasteiger partial charge in [0.15, 0.2) is 0 Å². The molecule has 7 heteroatoms. The number of ether oxygens (including phenoxy) is 1. The molecule has 1 aliphatic heterocycles. The molecule has 7 nitrogen and oxygen atoms in total. The lowest BCUT2D eigenvalue weighted by molar-refractivity contribution is -0.385. The summed E-state index contributed by atoms with van der Waals surface area (Å²) in [5.41, 5.74) is 0.563. The Bertz CT molecular complexity index is 599. The first kappa shape index (κ1) is 15.0. The summed E-state index contributed by atoms with van der Waals surface area (Å²) in [5.74, 6) is -0.943. The van der Waals surface area contributed by atoms with E-state index in [-0.39, 0.29) is 30.0 Å². The zero-order valence-electron chi connectivity index (χ0n) is 11.9. The lowest BCUT2D eigenvalue weighted by Gasteiger charge is -2.17. The average molecular weight is 292 g/mol. The van der Waals surface area contributed by atoms with Crippen LogP contribution in [0.15, 0.2) is 18.2 Å². The summed E-state index contributed by atoms with van der Waals surface area (Å²) in [4.78, 5) is 35.9. The monoisotopic (exact) mass is 292 g/mol. The van der Waals surface area contributed by atoms with Crippen molar-refractivity contribution in [2.45, 2.75) is 13.3 Å². The van der Waals surface area contributed by atoms with Crippen molar-refractivity contribution in [3.63, 3.8) is 0 Å². The molecule has 0 N–H and O–H groups in total. The van der Waals surface area contributed by atoms with E-state index in [2.05, 4.69) is 4.74 Å². The molecule has 1 atom stereocenters. The fourth-order valence-electron chi connectivity index (χ4n) is 2.53. The standard InChI is InChI=1S/C14H16N2O5/c1-9-11(4-3-5-12(9)16(19)20)13(17)15-7-6-10(8-15)14(18)21-2/h3-5,10H,6-8H2,1-2H3. The molecule has 1 aromatic rings. The van der Waals surface area contributed by atoms with Crippen molar-refractivity contribution in [1.82, 2.24) is 4.90 Å². The zero-order chi connectivity index (χ0) is 15.6. The van der Waals surface area contributed by atoms with Gasteiger partial charge in [-0.3, -0.25) is 19.7 Å². The number of nitro groups is 1. The first-order chi connectivity index (χ1) is 9.95. The Morgan fingerprint density at radius 2 is 2.14 bits per heavy atom. The molecule has 1 fully saturated rings. The number of carbonyl (C=O) groups is 2. The molecular formula is C14H16N2O5. The Kier molecular flexibility index (Phi) is 4.21. The first-order valence-corrected chi connectivity index (χ1v) is 6.56. The SMILES string of the molecule is COC(=O)C1CCN(C(=O)c2cccc([N+](=O)[O-])c2C)C1. The summed E-state index contributed by atoms with van der Waals surface area (Å²) in [6, 6.07) is 4.43. The molecule has 1 heterocycles. The normalized spacial score (nSPS) is 17.6. The molecule has 1 unspecified atom stereocenters. The topological polar surface area (TPSA) is 89.8 Å². The largest absolute Gasteiger partial charge is 0.469 e. The molecule has 1 amide bonds. The van der Waals surface area contributed by atoms with Gasteiger partial charge in [0.2, 0.25) is 0 Å². The van der Waals surface area contributed by atoms with E-state index in [9.17, 15) is 19.7 Å². The Morgan fingerprint density at radius 1 is 1.43 bits per heavy atom. The number of hydrogen-bond donors (Lipinski definition) is 0. The highest BCUT2D eigenvalue weighted by atomic mass is 16.6. The number of likely N-dealkylation sites (tertiary alicyclic amines) is 1. The van der Waals surface area contributed by atoms with Crippen LogP contribution in [0.1, 0.15) is 22.3 Å². The van der Waals surface area contributed by atoms with E-state index in [0.29, 0.717) is 24.1 Å². The van der Waals surface area contributed by atoms with Crippen LogP contribution >= 0.6 is 0 Å². The first-order valence-electron chi connectivity index (χ1n) is 6.56. The molecule has 1 saturated heterocycles. The summed E-state index contributed by atoms with van der Waals surface area (Å²) in [6.45, 7) is 2.29. The molecule has 1 aromatic carbocycles. The van der Waals surface area contributed by atoms with Crippen LogP contribution in [0.2, 0.25) is 0 Å². The molecule has 112 valence electrons. The Morgan fingerprint density at radius 3 is 2.76 bits per heavy atom. The summed E-state index contributed by atoms with van der Waals surface area (Å²) in [6.07, 6.45) is 0.548. The number of rotatable bonds is 3. The highest BCUT2D eigenvalue weighted by molar-refractivity contribution is 5.97. The third-order valence-corrected chi connectivity index (χ3v) is 3.74. The van der Waals surface area contributed by atoms with E-state index >= 15 is 0 Å². The average Bonchev–Trinajstić information content (AvgIpc) is 2.95. The van der Waals surface area contributed by atoms with Gasteiger partial charge < -0.3 is 9.64 Å². The molecule has 0 radical (unpaired) electrons. The van der Waals surface area contributed by atoms with E-state index < -0.39 is 4.92 Å². The minimum atomic E-state index is -0.507. The lowest BCUT2D eigenvalue weighted by atomic mass is 10.1. The fraction of sp³-hybridized carbons (Fsp3) is 0.429. The summed E-state index contributed by atoms with van der Waals surface area (Å²) in [5, 5.41) is 10.9. The smallest absolute Gasteiger partial charge is 0.310 e. The van der Waals surface area contributed by atoms with Crippen molar-refractivity contribution >= 4 is 17.6 Å². The molecule has 21 heavy (non-hydrogen) atoms. The van der Waals surface area contributed by atoms with Gasteiger partial charge in [-0.25, -0.2) is 0 Å². The van der Waals surface area contributed by atoms with Crippen molar-refractivity contribution in [1.29, 1.82) is 0 Å². The van der Waals surface area contributed by atoms with Gasteiger partial charge >= 0.3 is 5.97 Å². The van der Waals surface area contributed by atoms with Gasteiger partial charge in [0, 0.05) is 30.3 Å². The second kappa shape index (κ2) is 5.90. The molecule has 0 saturated carbocycles. The second-order valence-corrected chi connectivity index (χ2v) is 4.97. The summed E-state index contributed by atoms with van der Waals surface area (Å²) in [7, 11) is 1.32.